The molecule has 0 aliphatic heterocycles. The van der Waals surface area contributed by atoms with Crippen LogP contribution in [0.2, 0.25) is 5.02 Å². The Morgan fingerprint density at radius 3 is 1.82 bits per heavy atom. The predicted molar refractivity (Wildman–Crippen MR) is 257 cm³/mol. The van der Waals surface area contributed by atoms with E-state index < -0.39 is 48.0 Å². The second-order valence-electron chi connectivity index (χ2n) is 18.1. The van der Waals surface area contributed by atoms with E-state index in [9.17, 15) is 19.2 Å². The lowest BCUT2D eigenvalue weighted by Gasteiger charge is -2.37. The third-order valence-electron chi connectivity index (χ3n) is 13.2. The summed E-state index contributed by atoms with van der Waals surface area (Å²) >= 11 is 7.03. The minimum absolute atomic E-state index is 0.0785. The number of benzene rings is 5. The second kappa shape index (κ2) is 21.4. The van der Waals surface area contributed by atoms with Crippen molar-refractivity contribution in [3.63, 3.8) is 0 Å². The van der Waals surface area contributed by atoms with E-state index in [1.54, 1.807) is 20.2 Å². The molecular weight excluding hydrogens is 834 g/mol. The Kier molecular flexibility index (Phi) is 15.5. The van der Waals surface area contributed by atoms with Crippen LogP contribution in [0.4, 0.5) is 4.79 Å². The number of hydrogen-bond donors (Lipinski definition) is 1. The van der Waals surface area contributed by atoms with Gasteiger partial charge in [-0.05, 0) is 58.6 Å². The molecule has 7 rings (SSSR count). The average molecular weight is 897 g/mol. The third-order valence-corrected chi connectivity index (χ3v) is 13.5. The van der Waals surface area contributed by atoms with Crippen molar-refractivity contribution in [3.05, 3.63) is 166 Å². The van der Waals surface area contributed by atoms with Gasteiger partial charge in [0.1, 0.15) is 18.7 Å². The van der Waals surface area contributed by atoms with Crippen molar-refractivity contribution in [3.8, 4) is 11.1 Å². The highest BCUT2D eigenvalue weighted by molar-refractivity contribution is 6.31. The number of ether oxygens (including phenoxy) is 2. The maximum Gasteiger partial charge on any atom is 0.410 e. The topological polar surface area (TPSA) is 105 Å². The molecule has 0 aromatic heterocycles. The van der Waals surface area contributed by atoms with Crippen LogP contribution in [0.1, 0.15) is 117 Å². The predicted octanol–water partition coefficient (Wildman–Crippen LogP) is 11.3. The first kappa shape index (κ1) is 47.0. The molecule has 2 aliphatic carbocycles. The number of nitrogens with one attached hydrogen (secondary N) is 1. The standard InChI is InChI=1S/C55H62ClN3O6/c1-37(2)51(59(5)54(63)64-36-46-44-27-17-15-25-42(44)43-26-16-18-28-45(43)46)52(61)57-49(53(62)58(3)4)35-50(60)65-55(40-23-13-10-14-24-40,47-29-19-20-30-48(47)56)41-33-31-39(32-34-41)38-21-11-8-6-7-9-12-22-38/h10,13-20,23-34,37-38,46,49,51H,6-9,11-12,21-22,35-36H2,1-5H3,(H,57,61)/t49-,51-,55?/m0/s1. The Morgan fingerprint density at radius 1 is 0.692 bits per heavy atom. The van der Waals surface area contributed by atoms with E-state index in [0.717, 1.165) is 35.1 Å². The maximum absolute atomic E-state index is 14.7. The van der Waals surface area contributed by atoms with E-state index in [-0.39, 0.29) is 18.4 Å². The van der Waals surface area contributed by atoms with Crippen LogP contribution in [0.3, 0.4) is 0 Å². The van der Waals surface area contributed by atoms with Gasteiger partial charge >= 0.3 is 12.1 Å². The SMILES string of the molecule is CC(C)[C@@H](C(=O)N[C@@H](CC(=O)OC(c1ccccc1)(c1ccc(C2CCCCCCCC2)cc1)c1ccccc1Cl)C(=O)N(C)C)N(C)C(=O)OCC1c2ccccc2-c2ccccc21. The minimum Gasteiger partial charge on any atom is -0.448 e. The van der Waals surface area contributed by atoms with Gasteiger partial charge in [-0.15, -0.1) is 0 Å². The molecule has 3 atom stereocenters. The van der Waals surface area contributed by atoms with Crippen molar-refractivity contribution in [2.45, 2.75) is 101 Å². The van der Waals surface area contributed by atoms with Crippen molar-refractivity contribution in [1.29, 1.82) is 0 Å². The fourth-order valence-corrected chi connectivity index (χ4v) is 10.2. The first-order valence-corrected chi connectivity index (χ1v) is 23.5. The highest BCUT2D eigenvalue weighted by atomic mass is 35.5. The third kappa shape index (κ3) is 10.5. The van der Waals surface area contributed by atoms with E-state index in [2.05, 4.69) is 29.6 Å². The van der Waals surface area contributed by atoms with Crippen LogP contribution in [0.5, 0.6) is 0 Å². The van der Waals surface area contributed by atoms with Crippen LogP contribution in [0, 0.1) is 5.92 Å². The van der Waals surface area contributed by atoms with Crippen molar-refractivity contribution >= 4 is 35.5 Å². The lowest BCUT2D eigenvalue weighted by Crippen LogP contribution is -2.56. The number of rotatable bonds is 14. The summed E-state index contributed by atoms with van der Waals surface area (Å²) in [5.41, 5.74) is 6.01. The Morgan fingerprint density at radius 2 is 1.23 bits per heavy atom. The van der Waals surface area contributed by atoms with Gasteiger partial charge in [0, 0.05) is 48.8 Å². The molecule has 0 heterocycles. The van der Waals surface area contributed by atoms with Crippen LogP contribution < -0.4 is 5.32 Å². The molecule has 0 radical (unpaired) electrons. The molecule has 1 fully saturated rings. The molecular formula is C55H62ClN3O6. The van der Waals surface area contributed by atoms with Crippen molar-refractivity contribution in [2.75, 3.05) is 27.7 Å². The van der Waals surface area contributed by atoms with Crippen molar-refractivity contribution in [2.24, 2.45) is 5.92 Å². The highest BCUT2D eigenvalue weighted by Gasteiger charge is 2.44. The molecule has 1 unspecified atom stereocenters. The molecule has 0 spiro atoms. The van der Waals surface area contributed by atoms with Crippen LogP contribution in [-0.2, 0) is 29.5 Å². The smallest absolute Gasteiger partial charge is 0.410 e. The number of carbonyl (C=O) groups excluding carboxylic acids is 4. The Hall–Kier alpha value is -5.93. The first-order chi connectivity index (χ1) is 31.4. The molecule has 1 saturated carbocycles. The highest BCUT2D eigenvalue weighted by Crippen LogP contribution is 2.46. The first-order valence-electron chi connectivity index (χ1n) is 23.1. The number of esters is 1. The Labute approximate surface area is 389 Å². The molecule has 10 heteroatoms. The van der Waals surface area contributed by atoms with Crippen LogP contribution in [0.25, 0.3) is 11.1 Å². The second-order valence-corrected chi connectivity index (χ2v) is 18.5. The average Bonchev–Trinajstić information content (AvgIpc) is 3.70. The number of hydrogen-bond acceptors (Lipinski definition) is 6. The fraction of sp³-hybridized carbons (Fsp3) is 0.382. The zero-order valence-corrected chi connectivity index (χ0v) is 39.1. The van der Waals surface area contributed by atoms with E-state index in [1.807, 2.05) is 111 Å². The molecule has 2 aliphatic rings. The summed E-state index contributed by atoms with van der Waals surface area (Å²) in [6, 6.07) is 38.9. The van der Waals surface area contributed by atoms with E-state index in [4.69, 9.17) is 21.1 Å². The van der Waals surface area contributed by atoms with Gasteiger partial charge in [0.15, 0.2) is 5.60 Å². The summed E-state index contributed by atoms with van der Waals surface area (Å²) < 4.78 is 12.7. The summed E-state index contributed by atoms with van der Waals surface area (Å²) in [7, 11) is 4.64. The van der Waals surface area contributed by atoms with Gasteiger partial charge < -0.3 is 19.7 Å². The minimum atomic E-state index is -1.52. The van der Waals surface area contributed by atoms with E-state index in [0.29, 0.717) is 27.6 Å². The maximum atomic E-state index is 14.7. The molecule has 0 saturated heterocycles. The largest absolute Gasteiger partial charge is 0.448 e. The van der Waals surface area contributed by atoms with Gasteiger partial charge in [-0.2, -0.15) is 0 Å². The number of carbonyl (C=O) groups is 4. The quantitative estimate of drug-likeness (QED) is 0.0879. The van der Waals surface area contributed by atoms with Gasteiger partial charge in [-0.1, -0.05) is 185 Å². The lowest BCUT2D eigenvalue weighted by molar-refractivity contribution is -0.156. The summed E-state index contributed by atoms with van der Waals surface area (Å²) in [5.74, 6) is -1.96. The summed E-state index contributed by atoms with van der Waals surface area (Å²) in [4.78, 5) is 59.3. The van der Waals surface area contributed by atoms with E-state index >= 15 is 0 Å². The van der Waals surface area contributed by atoms with Crippen molar-refractivity contribution in [1.82, 2.24) is 15.1 Å². The molecule has 5 aromatic rings. The Bertz CT molecular complexity index is 2380. The van der Waals surface area contributed by atoms with Gasteiger partial charge in [-0.3, -0.25) is 19.3 Å². The van der Waals surface area contributed by atoms with E-state index in [1.165, 1.54) is 60.9 Å². The summed E-state index contributed by atoms with van der Waals surface area (Å²) in [5, 5.41) is 3.24. The lowest BCUT2D eigenvalue weighted by atomic mass is 9.78. The van der Waals surface area contributed by atoms with Crippen LogP contribution in [0.15, 0.2) is 127 Å². The van der Waals surface area contributed by atoms with Crippen LogP contribution in [-0.4, -0.2) is 73.5 Å². The molecule has 0 bridgehead atoms. The van der Waals surface area contributed by atoms with Gasteiger partial charge in [0.2, 0.25) is 11.8 Å². The zero-order valence-electron chi connectivity index (χ0n) is 38.3. The number of fused-ring (bicyclic) bond motifs is 3. The number of likely N-dealkylation sites (N-methyl/N-ethyl adjacent to an activating group) is 2. The number of amides is 3. The van der Waals surface area contributed by atoms with Gasteiger partial charge in [0.25, 0.3) is 0 Å². The van der Waals surface area contributed by atoms with Crippen LogP contribution >= 0.6 is 11.6 Å². The molecule has 9 nitrogen and oxygen atoms in total. The summed E-state index contributed by atoms with van der Waals surface area (Å²) in [6.45, 7) is 3.71. The number of nitrogens with zero attached hydrogens (tertiary/aromatic N) is 2. The molecule has 1 N–H and O–H groups in total. The summed E-state index contributed by atoms with van der Waals surface area (Å²) in [6.07, 6.45) is 8.56. The molecule has 65 heavy (non-hydrogen) atoms. The normalized spacial score (nSPS) is 16.0. The molecule has 3 amide bonds. The fourth-order valence-electron chi connectivity index (χ4n) is 9.91. The number of halogens is 1. The molecule has 5 aromatic carbocycles. The van der Waals surface area contributed by atoms with Gasteiger partial charge in [-0.25, -0.2) is 4.79 Å². The van der Waals surface area contributed by atoms with Gasteiger partial charge in [0.05, 0.1) is 6.42 Å². The van der Waals surface area contributed by atoms with Crippen molar-refractivity contribution < 1.29 is 28.7 Å². The molecule has 340 valence electrons. The monoisotopic (exact) mass is 895 g/mol. The zero-order chi connectivity index (χ0) is 46.1. The Balaban J connectivity index is 1.14.